The summed E-state index contributed by atoms with van der Waals surface area (Å²) in [5.41, 5.74) is 1.83. The number of nitrogens with zero attached hydrogens (tertiary/aromatic N) is 3. The van der Waals surface area contributed by atoms with E-state index in [1.807, 2.05) is 0 Å². The van der Waals surface area contributed by atoms with E-state index in [1.54, 1.807) is 26.0 Å². The van der Waals surface area contributed by atoms with Gasteiger partial charge < -0.3 is 20.5 Å². The van der Waals surface area contributed by atoms with Gasteiger partial charge in [-0.05, 0) is 31.4 Å². The molecule has 27 heavy (non-hydrogen) atoms. The van der Waals surface area contributed by atoms with Gasteiger partial charge in [-0.1, -0.05) is 11.3 Å². The van der Waals surface area contributed by atoms with Gasteiger partial charge in [0.1, 0.15) is 9.88 Å². The minimum atomic E-state index is -1.04. The summed E-state index contributed by atoms with van der Waals surface area (Å²) in [4.78, 5) is 32.2. The molecule has 140 valence electrons. The summed E-state index contributed by atoms with van der Waals surface area (Å²) in [6, 6.07) is 3.31. The number of methoxy groups -OCH3 is 1. The predicted molar refractivity (Wildman–Crippen MR) is 103 cm³/mol. The molecule has 11 heteroatoms. The van der Waals surface area contributed by atoms with E-state index in [0.717, 1.165) is 22.9 Å². The first-order chi connectivity index (χ1) is 12.9. The SMILES string of the molecule is COc1ccc(NC(=O)c2c(C)nsc2Nc2nc(C)c(C(=O)O)s2)cn1. The molecule has 1 amide bonds. The smallest absolute Gasteiger partial charge is 0.347 e. The Morgan fingerprint density at radius 1 is 1.22 bits per heavy atom. The molecule has 0 radical (unpaired) electrons. The molecule has 0 aliphatic rings. The van der Waals surface area contributed by atoms with Crippen molar-refractivity contribution >= 4 is 50.6 Å². The highest BCUT2D eigenvalue weighted by Gasteiger charge is 2.21. The fraction of sp³-hybridized carbons (Fsp3) is 0.188. The van der Waals surface area contributed by atoms with Gasteiger partial charge >= 0.3 is 5.97 Å². The zero-order chi connectivity index (χ0) is 19.6. The highest BCUT2D eigenvalue weighted by Crippen LogP contribution is 2.32. The molecule has 0 atom stereocenters. The van der Waals surface area contributed by atoms with Crippen LogP contribution in [-0.4, -0.2) is 38.4 Å². The van der Waals surface area contributed by atoms with Crippen LogP contribution in [-0.2, 0) is 0 Å². The number of ether oxygens (including phenoxy) is 1. The fourth-order valence-corrected chi connectivity index (χ4v) is 3.90. The van der Waals surface area contributed by atoms with Gasteiger partial charge in [-0.15, -0.1) is 0 Å². The monoisotopic (exact) mass is 405 g/mol. The predicted octanol–water partition coefficient (Wildman–Crippen LogP) is 3.31. The van der Waals surface area contributed by atoms with Crippen molar-refractivity contribution in [2.24, 2.45) is 0 Å². The molecule has 0 bridgehead atoms. The Morgan fingerprint density at radius 2 is 2.00 bits per heavy atom. The number of pyridine rings is 1. The van der Waals surface area contributed by atoms with Gasteiger partial charge in [0, 0.05) is 6.07 Å². The first kappa shape index (κ1) is 18.7. The van der Waals surface area contributed by atoms with Crippen LogP contribution in [0.2, 0.25) is 0 Å². The Morgan fingerprint density at radius 3 is 2.59 bits per heavy atom. The van der Waals surface area contributed by atoms with E-state index in [1.165, 1.54) is 13.3 Å². The molecular formula is C16H15N5O4S2. The van der Waals surface area contributed by atoms with Crippen LogP contribution in [0, 0.1) is 13.8 Å². The van der Waals surface area contributed by atoms with Gasteiger partial charge in [-0.25, -0.2) is 14.8 Å². The Hall–Kier alpha value is -3.05. The van der Waals surface area contributed by atoms with Crippen molar-refractivity contribution in [2.75, 3.05) is 17.7 Å². The molecule has 3 aromatic heterocycles. The fourth-order valence-electron chi connectivity index (χ4n) is 2.24. The highest BCUT2D eigenvalue weighted by molar-refractivity contribution is 7.18. The lowest BCUT2D eigenvalue weighted by Crippen LogP contribution is -2.14. The third-order valence-corrected chi connectivity index (χ3v) is 5.42. The second-order valence-electron chi connectivity index (χ2n) is 5.38. The molecule has 0 aliphatic carbocycles. The Balaban J connectivity index is 1.82. The van der Waals surface area contributed by atoms with Gasteiger partial charge in [-0.3, -0.25) is 4.79 Å². The number of aryl methyl sites for hydroxylation is 2. The quantitative estimate of drug-likeness (QED) is 0.570. The van der Waals surface area contributed by atoms with Crippen molar-refractivity contribution in [1.82, 2.24) is 14.3 Å². The van der Waals surface area contributed by atoms with Crippen LogP contribution < -0.4 is 15.4 Å². The number of hydrogen-bond donors (Lipinski definition) is 3. The van der Waals surface area contributed by atoms with Crippen LogP contribution in [0.25, 0.3) is 0 Å². The maximum absolute atomic E-state index is 12.7. The summed E-state index contributed by atoms with van der Waals surface area (Å²) >= 11 is 2.10. The largest absolute Gasteiger partial charge is 0.481 e. The highest BCUT2D eigenvalue weighted by atomic mass is 32.1. The molecule has 3 rings (SSSR count). The number of hydrogen-bond acceptors (Lipinski definition) is 9. The number of thiazole rings is 1. The van der Waals surface area contributed by atoms with E-state index >= 15 is 0 Å². The summed E-state index contributed by atoms with van der Waals surface area (Å²) in [5, 5.41) is 15.8. The van der Waals surface area contributed by atoms with E-state index < -0.39 is 5.97 Å². The Labute approximate surface area is 162 Å². The summed E-state index contributed by atoms with van der Waals surface area (Å²) in [5.74, 6) is -0.955. The third kappa shape index (κ3) is 4.04. The normalized spacial score (nSPS) is 10.5. The standard InChI is InChI=1S/C16H15N5O4S2/c1-7-11(13(22)19-9-4-5-10(25-3)17-6-9)14(27-21-7)20-16-18-8(2)12(26-16)15(23)24/h4-6H,1-3H3,(H,18,20)(H,19,22)(H,23,24). The number of nitrogens with one attached hydrogen (secondary N) is 2. The number of carboxylic acids is 1. The van der Waals surface area contributed by atoms with Crippen molar-refractivity contribution < 1.29 is 19.4 Å². The molecule has 3 aromatic rings. The molecule has 0 spiro atoms. The molecule has 0 aliphatic heterocycles. The van der Waals surface area contributed by atoms with E-state index in [9.17, 15) is 9.59 Å². The lowest BCUT2D eigenvalue weighted by molar-refractivity contribution is 0.0701. The lowest BCUT2D eigenvalue weighted by Gasteiger charge is -2.07. The van der Waals surface area contributed by atoms with Gasteiger partial charge in [0.05, 0.1) is 35.9 Å². The molecule has 9 nitrogen and oxygen atoms in total. The van der Waals surface area contributed by atoms with Gasteiger partial charge in [0.2, 0.25) is 5.88 Å². The van der Waals surface area contributed by atoms with E-state index in [4.69, 9.17) is 9.84 Å². The van der Waals surface area contributed by atoms with Crippen LogP contribution in [0.4, 0.5) is 15.8 Å². The molecule has 0 fully saturated rings. The number of amides is 1. The minimum Gasteiger partial charge on any atom is -0.481 e. The van der Waals surface area contributed by atoms with Crippen LogP contribution in [0.1, 0.15) is 31.4 Å². The molecule has 0 aromatic carbocycles. The lowest BCUT2D eigenvalue weighted by atomic mass is 10.2. The molecular weight excluding hydrogens is 390 g/mol. The average Bonchev–Trinajstić information content (AvgIpc) is 3.18. The Bertz CT molecular complexity index is 997. The second kappa shape index (κ2) is 7.68. The number of anilines is 3. The molecule has 3 heterocycles. The molecule has 0 unspecified atom stereocenters. The van der Waals surface area contributed by atoms with Crippen LogP contribution >= 0.6 is 22.9 Å². The van der Waals surface area contributed by atoms with E-state index in [-0.39, 0.29) is 10.8 Å². The van der Waals surface area contributed by atoms with Crippen molar-refractivity contribution in [3.05, 3.63) is 40.2 Å². The summed E-state index contributed by atoms with van der Waals surface area (Å²) in [7, 11) is 1.51. The molecule has 3 N–H and O–H groups in total. The van der Waals surface area contributed by atoms with Crippen molar-refractivity contribution in [3.8, 4) is 5.88 Å². The van der Waals surface area contributed by atoms with Crippen LogP contribution in [0.5, 0.6) is 5.88 Å². The molecule has 0 saturated heterocycles. The number of carbonyl (C=O) groups excluding carboxylic acids is 1. The summed E-state index contributed by atoms with van der Waals surface area (Å²) < 4.78 is 9.20. The number of carbonyl (C=O) groups is 2. The minimum absolute atomic E-state index is 0.147. The average molecular weight is 405 g/mol. The maximum Gasteiger partial charge on any atom is 0.347 e. The summed E-state index contributed by atoms with van der Waals surface area (Å²) in [6.45, 7) is 3.34. The first-order valence-corrected chi connectivity index (χ1v) is 9.23. The van der Waals surface area contributed by atoms with Crippen molar-refractivity contribution in [2.45, 2.75) is 13.8 Å². The third-order valence-electron chi connectivity index (χ3n) is 3.50. The maximum atomic E-state index is 12.7. The van der Waals surface area contributed by atoms with Gasteiger partial charge in [-0.2, -0.15) is 4.37 Å². The van der Waals surface area contributed by atoms with Gasteiger partial charge in [0.25, 0.3) is 5.91 Å². The number of aromatic carboxylic acids is 1. The van der Waals surface area contributed by atoms with Gasteiger partial charge in [0.15, 0.2) is 5.13 Å². The number of carboxylic acid groups (broad SMARTS) is 1. The van der Waals surface area contributed by atoms with Crippen LogP contribution in [0.15, 0.2) is 18.3 Å². The zero-order valence-electron chi connectivity index (χ0n) is 14.6. The number of rotatable bonds is 6. The Kier molecular flexibility index (Phi) is 5.33. The van der Waals surface area contributed by atoms with E-state index in [0.29, 0.717) is 38.7 Å². The zero-order valence-corrected chi connectivity index (χ0v) is 16.2. The van der Waals surface area contributed by atoms with Crippen molar-refractivity contribution in [1.29, 1.82) is 0 Å². The number of aromatic nitrogens is 3. The van der Waals surface area contributed by atoms with Crippen LogP contribution in [0.3, 0.4) is 0 Å². The van der Waals surface area contributed by atoms with E-state index in [2.05, 4.69) is 25.0 Å². The first-order valence-electron chi connectivity index (χ1n) is 7.64. The van der Waals surface area contributed by atoms with Crippen molar-refractivity contribution in [3.63, 3.8) is 0 Å². The molecule has 0 saturated carbocycles. The second-order valence-corrected chi connectivity index (χ2v) is 7.15. The summed E-state index contributed by atoms with van der Waals surface area (Å²) in [6.07, 6.45) is 1.49. The topological polar surface area (TPSA) is 126 Å².